The van der Waals surface area contributed by atoms with Gasteiger partial charge in [0.1, 0.15) is 0 Å². The van der Waals surface area contributed by atoms with Crippen molar-refractivity contribution in [3.8, 4) is 0 Å². The molecule has 0 aliphatic heterocycles. The third-order valence-electron chi connectivity index (χ3n) is 2.91. The highest BCUT2D eigenvalue weighted by molar-refractivity contribution is 6.30. The summed E-state index contributed by atoms with van der Waals surface area (Å²) < 4.78 is 9.66. The number of carbonyl (C=O) groups excluding carboxylic acids is 2. The first-order chi connectivity index (χ1) is 10.5. The maximum atomic E-state index is 11.9. The maximum absolute atomic E-state index is 11.9. The Morgan fingerprint density at radius 3 is 2.59 bits per heavy atom. The Morgan fingerprint density at radius 2 is 2.00 bits per heavy atom. The Kier molecular flexibility index (Phi) is 5.16. The Bertz CT molecular complexity index is 666. The Hall–Kier alpha value is -2.34. The summed E-state index contributed by atoms with van der Waals surface area (Å²) in [4.78, 5) is 25.0. The van der Waals surface area contributed by atoms with Gasteiger partial charge in [0.05, 0.1) is 5.69 Å². The van der Waals surface area contributed by atoms with Crippen molar-refractivity contribution in [1.29, 1.82) is 0 Å². The fraction of sp³-hybridized carbons (Fsp3) is 0.267. The molecule has 0 aliphatic rings. The van der Waals surface area contributed by atoms with E-state index in [4.69, 9.17) is 20.9 Å². The van der Waals surface area contributed by atoms with E-state index in [9.17, 15) is 9.59 Å². The summed E-state index contributed by atoms with van der Waals surface area (Å²) in [6.07, 6.45) is 0. The first-order valence-electron chi connectivity index (χ1n) is 6.54. The number of likely N-dealkylation sites (N-methyl/N-ethyl adjacent to an activating group) is 1. The molecule has 0 saturated carbocycles. The van der Waals surface area contributed by atoms with Crippen LogP contribution in [0.5, 0.6) is 0 Å². The number of hydrogen-bond donors (Lipinski definition) is 0. The zero-order valence-electron chi connectivity index (χ0n) is 12.2. The second-order valence-electron chi connectivity index (χ2n) is 4.78. The fourth-order valence-electron chi connectivity index (χ4n) is 1.72. The number of hydrogen-bond acceptors (Lipinski definition) is 5. The lowest BCUT2D eigenvalue weighted by Gasteiger charge is -2.17. The van der Waals surface area contributed by atoms with Crippen molar-refractivity contribution >= 4 is 23.5 Å². The van der Waals surface area contributed by atoms with Crippen LogP contribution in [0.1, 0.15) is 21.8 Å². The molecular weight excluding hydrogens is 308 g/mol. The Balaban J connectivity index is 1.83. The van der Waals surface area contributed by atoms with Crippen molar-refractivity contribution in [2.75, 3.05) is 13.7 Å². The predicted molar refractivity (Wildman–Crippen MR) is 79.4 cm³/mol. The lowest BCUT2D eigenvalue weighted by molar-refractivity contribution is -0.133. The minimum atomic E-state index is -0.714. The van der Waals surface area contributed by atoms with Crippen LogP contribution in [0, 0.1) is 6.92 Å². The normalized spacial score (nSPS) is 10.3. The number of halogens is 1. The van der Waals surface area contributed by atoms with Gasteiger partial charge in [-0.3, -0.25) is 4.79 Å². The number of aromatic nitrogens is 1. The smallest absolute Gasteiger partial charge is 0.377 e. The van der Waals surface area contributed by atoms with Crippen LogP contribution in [0.25, 0.3) is 0 Å². The topological polar surface area (TPSA) is 72.6 Å². The Labute approximate surface area is 132 Å². The van der Waals surface area contributed by atoms with Gasteiger partial charge in [-0.25, -0.2) is 4.79 Å². The van der Waals surface area contributed by atoms with E-state index in [1.54, 1.807) is 26.1 Å². The average molecular weight is 323 g/mol. The van der Waals surface area contributed by atoms with E-state index in [2.05, 4.69) is 5.16 Å². The van der Waals surface area contributed by atoms with Crippen molar-refractivity contribution in [1.82, 2.24) is 10.1 Å². The summed E-state index contributed by atoms with van der Waals surface area (Å²) >= 11 is 5.80. The molecule has 1 aromatic carbocycles. The molecule has 1 amide bonds. The van der Waals surface area contributed by atoms with Crippen molar-refractivity contribution in [2.45, 2.75) is 13.5 Å². The molecule has 116 valence electrons. The van der Waals surface area contributed by atoms with Crippen molar-refractivity contribution in [3.05, 3.63) is 52.4 Å². The lowest BCUT2D eigenvalue weighted by Crippen LogP contribution is -2.30. The number of carbonyl (C=O) groups is 2. The molecule has 2 aromatic rings. The molecular formula is C15H15ClN2O4. The minimum absolute atomic E-state index is 0.0225. The van der Waals surface area contributed by atoms with E-state index in [0.717, 1.165) is 5.56 Å². The Morgan fingerprint density at radius 1 is 1.32 bits per heavy atom. The van der Waals surface area contributed by atoms with E-state index in [1.165, 1.54) is 11.0 Å². The van der Waals surface area contributed by atoms with Gasteiger partial charge in [0.25, 0.3) is 5.91 Å². The summed E-state index contributed by atoms with van der Waals surface area (Å²) in [5.74, 6) is -1.06. The van der Waals surface area contributed by atoms with Crippen LogP contribution < -0.4 is 0 Å². The number of nitrogens with zero attached hydrogens (tertiary/aromatic N) is 2. The van der Waals surface area contributed by atoms with E-state index < -0.39 is 5.97 Å². The highest BCUT2D eigenvalue weighted by atomic mass is 35.5. The monoisotopic (exact) mass is 322 g/mol. The first kappa shape index (κ1) is 16.0. The van der Waals surface area contributed by atoms with E-state index >= 15 is 0 Å². The molecule has 0 N–H and O–H groups in total. The van der Waals surface area contributed by atoms with Gasteiger partial charge in [0, 0.05) is 24.7 Å². The number of rotatable bonds is 5. The van der Waals surface area contributed by atoms with Crippen LogP contribution >= 0.6 is 11.6 Å². The molecule has 0 saturated heterocycles. The summed E-state index contributed by atoms with van der Waals surface area (Å²) in [6.45, 7) is 1.73. The molecule has 22 heavy (non-hydrogen) atoms. The average Bonchev–Trinajstić information content (AvgIpc) is 2.93. The number of esters is 1. The van der Waals surface area contributed by atoms with Gasteiger partial charge >= 0.3 is 5.97 Å². The largest absolute Gasteiger partial charge is 0.450 e. The third-order valence-corrected chi connectivity index (χ3v) is 3.17. The van der Waals surface area contributed by atoms with Crippen LogP contribution in [0.4, 0.5) is 0 Å². The van der Waals surface area contributed by atoms with Crippen molar-refractivity contribution < 1.29 is 18.8 Å². The molecule has 1 aromatic heterocycles. The zero-order valence-corrected chi connectivity index (χ0v) is 13.0. The minimum Gasteiger partial charge on any atom is -0.450 e. The van der Waals surface area contributed by atoms with Crippen LogP contribution in [0.15, 0.2) is 34.9 Å². The molecule has 0 aliphatic carbocycles. The van der Waals surface area contributed by atoms with E-state index in [0.29, 0.717) is 17.3 Å². The van der Waals surface area contributed by atoms with Crippen LogP contribution in [-0.4, -0.2) is 35.6 Å². The molecule has 0 fully saturated rings. The fourth-order valence-corrected chi connectivity index (χ4v) is 1.85. The third kappa shape index (κ3) is 4.33. The van der Waals surface area contributed by atoms with Gasteiger partial charge in [-0.2, -0.15) is 0 Å². The molecule has 0 unspecified atom stereocenters. The number of amides is 1. The quantitative estimate of drug-likeness (QED) is 0.791. The molecule has 0 atom stereocenters. The number of benzene rings is 1. The van der Waals surface area contributed by atoms with E-state index in [1.807, 2.05) is 12.1 Å². The molecule has 2 rings (SSSR count). The second-order valence-corrected chi connectivity index (χ2v) is 5.22. The first-order valence-corrected chi connectivity index (χ1v) is 6.92. The zero-order chi connectivity index (χ0) is 16.1. The van der Waals surface area contributed by atoms with Gasteiger partial charge in [-0.15, -0.1) is 0 Å². The molecule has 7 heteroatoms. The van der Waals surface area contributed by atoms with Crippen LogP contribution in [0.3, 0.4) is 0 Å². The maximum Gasteiger partial charge on any atom is 0.377 e. The number of ether oxygens (including phenoxy) is 1. The van der Waals surface area contributed by atoms with Crippen LogP contribution in [0.2, 0.25) is 5.02 Å². The van der Waals surface area contributed by atoms with Crippen LogP contribution in [-0.2, 0) is 16.1 Å². The summed E-state index contributed by atoms with van der Waals surface area (Å²) in [5.41, 5.74) is 1.50. The molecule has 1 heterocycles. The molecule has 0 spiro atoms. The van der Waals surface area contributed by atoms with E-state index in [-0.39, 0.29) is 18.3 Å². The SMILES string of the molecule is Cc1cc(C(=O)OCC(=O)N(C)Cc2ccc(Cl)cc2)on1. The standard InChI is InChI=1S/C15H15ClN2O4/c1-10-7-13(22-17-10)15(20)21-9-14(19)18(2)8-11-3-5-12(16)6-4-11/h3-7H,8-9H2,1-2H3. The lowest BCUT2D eigenvalue weighted by atomic mass is 10.2. The second kappa shape index (κ2) is 7.09. The van der Waals surface area contributed by atoms with Gasteiger partial charge in [-0.05, 0) is 24.6 Å². The molecule has 0 bridgehead atoms. The highest BCUT2D eigenvalue weighted by Crippen LogP contribution is 2.11. The highest BCUT2D eigenvalue weighted by Gasteiger charge is 2.17. The van der Waals surface area contributed by atoms with Crippen molar-refractivity contribution in [3.63, 3.8) is 0 Å². The molecule has 6 nitrogen and oxygen atoms in total. The van der Waals surface area contributed by atoms with Gasteiger partial charge in [0.15, 0.2) is 6.61 Å². The number of aryl methyl sites for hydroxylation is 1. The summed E-state index contributed by atoms with van der Waals surface area (Å²) in [7, 11) is 1.63. The predicted octanol–water partition coefficient (Wildman–Crippen LogP) is 2.45. The summed E-state index contributed by atoms with van der Waals surface area (Å²) in [6, 6.07) is 8.61. The van der Waals surface area contributed by atoms with Gasteiger partial charge in [-0.1, -0.05) is 28.9 Å². The van der Waals surface area contributed by atoms with Gasteiger partial charge < -0.3 is 14.2 Å². The van der Waals surface area contributed by atoms with Gasteiger partial charge in [0.2, 0.25) is 5.76 Å². The summed E-state index contributed by atoms with van der Waals surface area (Å²) in [5, 5.41) is 4.21. The van der Waals surface area contributed by atoms with Crippen molar-refractivity contribution in [2.24, 2.45) is 0 Å². The molecule has 0 radical (unpaired) electrons.